The predicted octanol–water partition coefficient (Wildman–Crippen LogP) is 3.70. The number of halogens is 3. The summed E-state index contributed by atoms with van der Waals surface area (Å²) in [7, 11) is 0. The molecular weight excluding hydrogens is 307 g/mol. The zero-order valence-corrected chi connectivity index (χ0v) is 13.1. The Kier molecular flexibility index (Phi) is 5.87. The Morgan fingerprint density at radius 2 is 1.91 bits per heavy atom. The Morgan fingerprint density at radius 3 is 2.52 bits per heavy atom. The number of para-hydroxylation sites is 1. The quantitative estimate of drug-likeness (QED) is 0.885. The van der Waals surface area contributed by atoms with Crippen LogP contribution in [0.25, 0.3) is 0 Å². The van der Waals surface area contributed by atoms with Crippen LogP contribution in [0.1, 0.15) is 31.7 Å². The van der Waals surface area contributed by atoms with Crippen LogP contribution >= 0.6 is 0 Å². The molecule has 128 valence electrons. The van der Waals surface area contributed by atoms with Crippen LogP contribution in [-0.4, -0.2) is 36.6 Å². The number of carbonyl (C=O) groups is 1. The second-order valence-corrected chi connectivity index (χ2v) is 5.76. The lowest BCUT2D eigenvalue weighted by molar-refractivity contribution is -0.136. The molecule has 1 aromatic carbocycles. The minimum atomic E-state index is -4.49. The highest BCUT2D eigenvalue weighted by Crippen LogP contribution is 2.34. The molecule has 0 aliphatic carbocycles. The number of carbonyl (C=O) groups excluding carboxylic acids is 1. The number of urea groups is 1. The van der Waals surface area contributed by atoms with Crippen LogP contribution in [0.3, 0.4) is 0 Å². The summed E-state index contributed by atoms with van der Waals surface area (Å²) in [5.41, 5.74) is -1.06. The number of nitrogens with zero attached hydrogens (tertiary/aromatic N) is 1. The Balaban J connectivity index is 1.89. The van der Waals surface area contributed by atoms with Crippen LogP contribution < -0.4 is 10.6 Å². The molecule has 4 nitrogen and oxygen atoms in total. The van der Waals surface area contributed by atoms with Crippen molar-refractivity contribution in [2.45, 2.75) is 38.4 Å². The number of likely N-dealkylation sites (tertiary alicyclic amines) is 1. The molecule has 0 bridgehead atoms. The van der Waals surface area contributed by atoms with Gasteiger partial charge in [0.15, 0.2) is 0 Å². The molecule has 1 fully saturated rings. The summed E-state index contributed by atoms with van der Waals surface area (Å²) < 4.78 is 38.7. The smallest absolute Gasteiger partial charge is 0.335 e. The third kappa shape index (κ3) is 5.13. The number of benzene rings is 1. The molecule has 1 aliphatic heterocycles. The van der Waals surface area contributed by atoms with Crippen molar-refractivity contribution in [3.8, 4) is 0 Å². The maximum atomic E-state index is 12.9. The fourth-order valence-corrected chi connectivity index (χ4v) is 2.80. The lowest BCUT2D eigenvalue weighted by Crippen LogP contribution is -2.46. The maximum absolute atomic E-state index is 12.9. The van der Waals surface area contributed by atoms with Crippen molar-refractivity contribution in [2.75, 3.05) is 25.0 Å². The molecule has 0 unspecified atom stereocenters. The molecule has 1 heterocycles. The van der Waals surface area contributed by atoms with Gasteiger partial charge < -0.3 is 15.5 Å². The molecule has 2 rings (SSSR count). The summed E-state index contributed by atoms with van der Waals surface area (Å²) in [6, 6.07) is 4.39. The van der Waals surface area contributed by atoms with E-state index in [1.807, 2.05) is 0 Å². The highest BCUT2D eigenvalue weighted by atomic mass is 19.4. The number of piperidine rings is 1. The van der Waals surface area contributed by atoms with Crippen molar-refractivity contribution < 1.29 is 18.0 Å². The van der Waals surface area contributed by atoms with Crippen molar-refractivity contribution in [3.05, 3.63) is 29.8 Å². The van der Waals surface area contributed by atoms with E-state index in [4.69, 9.17) is 0 Å². The first-order valence-electron chi connectivity index (χ1n) is 7.86. The summed E-state index contributed by atoms with van der Waals surface area (Å²) >= 11 is 0. The summed E-state index contributed by atoms with van der Waals surface area (Å²) in [6.45, 7) is 4.96. The van der Waals surface area contributed by atoms with Crippen molar-refractivity contribution >= 4 is 11.7 Å². The average molecular weight is 329 g/mol. The zero-order chi connectivity index (χ0) is 16.9. The van der Waals surface area contributed by atoms with E-state index in [0.717, 1.165) is 45.0 Å². The van der Waals surface area contributed by atoms with Crippen molar-refractivity contribution in [1.82, 2.24) is 10.2 Å². The predicted molar refractivity (Wildman–Crippen MR) is 83.4 cm³/mol. The van der Waals surface area contributed by atoms with Crippen LogP contribution in [0.4, 0.5) is 23.7 Å². The molecule has 0 atom stereocenters. The Hall–Kier alpha value is -1.76. The van der Waals surface area contributed by atoms with E-state index in [1.54, 1.807) is 0 Å². The number of nitrogens with one attached hydrogen (secondary N) is 2. The van der Waals surface area contributed by atoms with E-state index >= 15 is 0 Å². The van der Waals surface area contributed by atoms with Crippen LogP contribution in [0.15, 0.2) is 24.3 Å². The molecule has 2 N–H and O–H groups in total. The second-order valence-electron chi connectivity index (χ2n) is 5.76. The molecule has 1 saturated heterocycles. The van der Waals surface area contributed by atoms with Crippen LogP contribution in [-0.2, 0) is 6.18 Å². The molecule has 0 aromatic heterocycles. The monoisotopic (exact) mass is 329 g/mol. The van der Waals surface area contributed by atoms with Gasteiger partial charge in [-0.15, -0.1) is 0 Å². The summed E-state index contributed by atoms with van der Waals surface area (Å²) in [5, 5.41) is 5.08. The van der Waals surface area contributed by atoms with E-state index in [0.29, 0.717) is 0 Å². The third-order valence-corrected chi connectivity index (χ3v) is 3.94. The largest absolute Gasteiger partial charge is 0.418 e. The van der Waals surface area contributed by atoms with Crippen LogP contribution in [0.2, 0.25) is 0 Å². The van der Waals surface area contributed by atoms with E-state index in [-0.39, 0.29) is 11.7 Å². The average Bonchev–Trinajstić information content (AvgIpc) is 2.49. The third-order valence-electron chi connectivity index (χ3n) is 3.94. The van der Waals surface area contributed by atoms with Gasteiger partial charge >= 0.3 is 12.2 Å². The fourth-order valence-electron chi connectivity index (χ4n) is 2.80. The topological polar surface area (TPSA) is 44.4 Å². The molecule has 1 aromatic rings. The van der Waals surface area contributed by atoms with Gasteiger partial charge in [-0.25, -0.2) is 4.79 Å². The lowest BCUT2D eigenvalue weighted by atomic mass is 10.1. The van der Waals surface area contributed by atoms with E-state index < -0.39 is 17.8 Å². The highest BCUT2D eigenvalue weighted by Gasteiger charge is 2.33. The first kappa shape index (κ1) is 17.6. The Labute approximate surface area is 134 Å². The van der Waals surface area contributed by atoms with Crippen molar-refractivity contribution in [3.63, 3.8) is 0 Å². The SMILES string of the molecule is CCCN1CCC(NC(=O)Nc2ccccc2C(F)(F)F)CC1. The molecule has 23 heavy (non-hydrogen) atoms. The van der Waals surface area contributed by atoms with Crippen LogP contribution in [0.5, 0.6) is 0 Å². The van der Waals surface area contributed by atoms with Gasteiger partial charge in [-0.2, -0.15) is 13.2 Å². The van der Waals surface area contributed by atoms with Crippen molar-refractivity contribution in [1.29, 1.82) is 0 Å². The minimum absolute atomic E-state index is 0.00107. The molecule has 0 saturated carbocycles. The first-order valence-corrected chi connectivity index (χ1v) is 7.86. The number of anilines is 1. The molecule has 1 aliphatic rings. The van der Waals surface area contributed by atoms with Gasteiger partial charge in [0, 0.05) is 19.1 Å². The van der Waals surface area contributed by atoms with Gasteiger partial charge in [-0.05, 0) is 37.9 Å². The summed E-state index contributed by atoms with van der Waals surface area (Å²) in [6.07, 6.45) is -1.77. The fraction of sp³-hybridized carbons (Fsp3) is 0.562. The number of amides is 2. The van der Waals surface area contributed by atoms with Gasteiger partial charge in [-0.1, -0.05) is 19.1 Å². The van der Waals surface area contributed by atoms with Gasteiger partial charge in [0.05, 0.1) is 11.3 Å². The number of hydrogen-bond acceptors (Lipinski definition) is 2. The Bertz CT molecular complexity index is 526. The van der Waals surface area contributed by atoms with Crippen molar-refractivity contribution in [2.24, 2.45) is 0 Å². The normalized spacial score (nSPS) is 17.0. The van der Waals surface area contributed by atoms with E-state index in [9.17, 15) is 18.0 Å². The standard InChI is InChI=1S/C16H22F3N3O/c1-2-9-22-10-7-12(8-11-22)20-15(23)21-14-6-4-3-5-13(14)16(17,18)19/h3-6,12H,2,7-11H2,1H3,(H2,20,21,23). The minimum Gasteiger partial charge on any atom is -0.335 e. The van der Waals surface area contributed by atoms with E-state index in [1.165, 1.54) is 18.2 Å². The maximum Gasteiger partial charge on any atom is 0.418 e. The van der Waals surface area contributed by atoms with Gasteiger partial charge in [-0.3, -0.25) is 0 Å². The first-order chi connectivity index (χ1) is 10.9. The number of alkyl halides is 3. The second kappa shape index (κ2) is 7.68. The van der Waals surface area contributed by atoms with Crippen LogP contribution in [0, 0.1) is 0 Å². The zero-order valence-electron chi connectivity index (χ0n) is 13.1. The van der Waals surface area contributed by atoms with E-state index in [2.05, 4.69) is 22.5 Å². The van der Waals surface area contributed by atoms with Gasteiger partial charge in [0.1, 0.15) is 0 Å². The van der Waals surface area contributed by atoms with Gasteiger partial charge in [0.25, 0.3) is 0 Å². The molecular formula is C16H22F3N3O. The number of rotatable bonds is 4. The lowest BCUT2D eigenvalue weighted by Gasteiger charge is -2.32. The molecule has 2 amide bonds. The summed E-state index contributed by atoms with van der Waals surface area (Å²) in [4.78, 5) is 14.3. The molecule has 0 spiro atoms. The highest BCUT2D eigenvalue weighted by molar-refractivity contribution is 5.90. The number of hydrogen-bond donors (Lipinski definition) is 2. The van der Waals surface area contributed by atoms with Gasteiger partial charge in [0.2, 0.25) is 0 Å². The molecule has 7 heteroatoms. The Morgan fingerprint density at radius 1 is 1.26 bits per heavy atom. The summed E-state index contributed by atoms with van der Waals surface area (Å²) in [5.74, 6) is 0. The molecule has 0 radical (unpaired) electrons.